The van der Waals surface area contributed by atoms with E-state index in [1.165, 1.54) is 12.8 Å². The Hall–Kier alpha value is -1.63. The van der Waals surface area contributed by atoms with E-state index in [-0.39, 0.29) is 6.03 Å². The van der Waals surface area contributed by atoms with Crippen LogP contribution < -0.4 is 5.32 Å². The highest BCUT2D eigenvalue weighted by Crippen LogP contribution is 2.07. The Morgan fingerprint density at radius 1 is 1.41 bits per heavy atom. The van der Waals surface area contributed by atoms with Crippen molar-refractivity contribution in [3.8, 4) is 0 Å². The van der Waals surface area contributed by atoms with Crippen LogP contribution in [0.15, 0.2) is 4.52 Å². The predicted molar refractivity (Wildman–Crippen MR) is 83.4 cm³/mol. The Kier molecular flexibility index (Phi) is 6.18. The Morgan fingerprint density at radius 2 is 2.14 bits per heavy atom. The van der Waals surface area contributed by atoms with E-state index < -0.39 is 0 Å². The number of carbonyl (C=O) groups excluding carboxylic acids is 1. The highest BCUT2D eigenvalue weighted by atomic mass is 16.5. The van der Waals surface area contributed by atoms with Crippen molar-refractivity contribution in [2.24, 2.45) is 5.92 Å². The number of hydrogen-bond acceptors (Lipinski definition) is 5. The first-order valence-electron chi connectivity index (χ1n) is 8.07. The van der Waals surface area contributed by atoms with E-state index in [4.69, 9.17) is 4.52 Å². The molecule has 0 aliphatic carbocycles. The number of aromatic nitrogens is 2. The summed E-state index contributed by atoms with van der Waals surface area (Å²) >= 11 is 0. The Morgan fingerprint density at radius 3 is 2.82 bits per heavy atom. The van der Waals surface area contributed by atoms with E-state index in [9.17, 15) is 4.79 Å². The molecule has 0 atom stereocenters. The van der Waals surface area contributed by atoms with Crippen LogP contribution >= 0.6 is 0 Å². The number of nitrogens with one attached hydrogen (secondary N) is 1. The van der Waals surface area contributed by atoms with Gasteiger partial charge in [0.25, 0.3) is 0 Å². The Labute approximate surface area is 132 Å². The van der Waals surface area contributed by atoms with Crippen LogP contribution in [0.1, 0.15) is 38.4 Å². The van der Waals surface area contributed by atoms with Gasteiger partial charge in [-0.1, -0.05) is 19.0 Å². The summed E-state index contributed by atoms with van der Waals surface area (Å²) < 4.78 is 5.15. The van der Waals surface area contributed by atoms with Gasteiger partial charge in [0.15, 0.2) is 5.82 Å². The number of nitrogens with zero attached hydrogens (tertiary/aromatic N) is 4. The van der Waals surface area contributed by atoms with Crippen LogP contribution in [0, 0.1) is 5.92 Å². The summed E-state index contributed by atoms with van der Waals surface area (Å²) in [5, 5.41) is 6.71. The molecule has 0 unspecified atom stereocenters. The molecule has 2 rings (SSSR count). The number of likely N-dealkylation sites (tertiary alicyclic amines) is 1. The van der Waals surface area contributed by atoms with Gasteiger partial charge in [0, 0.05) is 26.6 Å². The molecular formula is C15H27N5O2. The van der Waals surface area contributed by atoms with Crippen molar-refractivity contribution in [1.82, 2.24) is 25.3 Å². The van der Waals surface area contributed by atoms with Crippen molar-refractivity contribution in [2.45, 2.75) is 39.7 Å². The fourth-order valence-electron chi connectivity index (χ4n) is 2.48. The average molecular weight is 309 g/mol. The third-order valence-electron chi connectivity index (χ3n) is 3.79. The summed E-state index contributed by atoms with van der Waals surface area (Å²) in [5.74, 6) is 1.62. The molecular weight excluding hydrogens is 282 g/mol. The van der Waals surface area contributed by atoms with Gasteiger partial charge in [-0.25, -0.2) is 4.79 Å². The quantitative estimate of drug-likeness (QED) is 0.826. The second-order valence-electron chi connectivity index (χ2n) is 6.33. The highest BCUT2D eigenvalue weighted by Gasteiger charge is 2.15. The molecule has 0 spiro atoms. The summed E-state index contributed by atoms with van der Waals surface area (Å²) in [6.07, 6.45) is 3.30. The molecule has 7 nitrogen and oxygen atoms in total. The fourth-order valence-corrected chi connectivity index (χ4v) is 2.48. The average Bonchev–Trinajstić information content (AvgIpc) is 3.13. The van der Waals surface area contributed by atoms with Gasteiger partial charge in [0.05, 0.1) is 6.54 Å². The van der Waals surface area contributed by atoms with Crippen molar-refractivity contribution >= 4 is 6.03 Å². The molecule has 0 aromatic carbocycles. The predicted octanol–water partition coefficient (Wildman–Crippen LogP) is 1.51. The second-order valence-corrected chi connectivity index (χ2v) is 6.33. The lowest BCUT2D eigenvalue weighted by Crippen LogP contribution is -2.41. The smallest absolute Gasteiger partial charge is 0.317 e. The number of likely N-dealkylation sites (N-methyl/N-ethyl adjacent to an activating group) is 1. The van der Waals surface area contributed by atoms with Gasteiger partial charge in [-0.2, -0.15) is 4.98 Å². The van der Waals surface area contributed by atoms with Gasteiger partial charge in [-0.15, -0.1) is 0 Å². The molecule has 1 saturated heterocycles. The van der Waals surface area contributed by atoms with Crippen molar-refractivity contribution < 1.29 is 9.32 Å². The van der Waals surface area contributed by atoms with Crippen LogP contribution in [0.2, 0.25) is 0 Å². The van der Waals surface area contributed by atoms with Gasteiger partial charge in [0.2, 0.25) is 5.89 Å². The van der Waals surface area contributed by atoms with E-state index in [0.29, 0.717) is 24.2 Å². The molecule has 0 saturated carbocycles. The Balaban J connectivity index is 1.68. The lowest BCUT2D eigenvalue weighted by molar-refractivity contribution is 0.199. The minimum atomic E-state index is -0.102. The largest absolute Gasteiger partial charge is 0.339 e. The van der Waals surface area contributed by atoms with Crippen LogP contribution in [-0.2, 0) is 13.0 Å². The molecule has 2 amide bonds. The van der Waals surface area contributed by atoms with Crippen LogP contribution in [-0.4, -0.2) is 59.2 Å². The van der Waals surface area contributed by atoms with Crippen LogP contribution in [0.3, 0.4) is 0 Å². The molecule has 22 heavy (non-hydrogen) atoms. The van der Waals surface area contributed by atoms with Crippen LogP contribution in [0.25, 0.3) is 0 Å². The van der Waals surface area contributed by atoms with Crippen molar-refractivity contribution in [2.75, 3.05) is 33.2 Å². The normalized spacial score (nSPS) is 15.5. The van der Waals surface area contributed by atoms with Crippen LogP contribution in [0.4, 0.5) is 4.79 Å². The lowest BCUT2D eigenvalue weighted by Gasteiger charge is -2.21. The first-order valence-corrected chi connectivity index (χ1v) is 8.07. The maximum atomic E-state index is 12.0. The lowest BCUT2D eigenvalue weighted by atomic mass is 10.1. The molecule has 1 fully saturated rings. The first-order chi connectivity index (χ1) is 10.5. The van der Waals surface area contributed by atoms with E-state index in [1.54, 1.807) is 4.90 Å². The summed E-state index contributed by atoms with van der Waals surface area (Å²) in [7, 11) is 1.81. The van der Waals surface area contributed by atoms with Gasteiger partial charge in [0.1, 0.15) is 0 Å². The standard InChI is InChI=1S/C15H27N5O2/c1-12(2)10-14-17-13(18-22-14)11-16-15(21)19(3)8-9-20-6-4-5-7-20/h12H,4-11H2,1-3H3,(H,16,21). The van der Waals surface area contributed by atoms with Crippen molar-refractivity contribution in [3.63, 3.8) is 0 Å². The molecule has 0 bridgehead atoms. The summed E-state index contributed by atoms with van der Waals surface area (Å²) in [4.78, 5) is 20.4. The monoisotopic (exact) mass is 309 g/mol. The molecule has 124 valence electrons. The Bertz CT molecular complexity index is 468. The molecule has 2 heterocycles. The summed E-state index contributed by atoms with van der Waals surface area (Å²) in [6, 6.07) is -0.102. The van der Waals surface area contributed by atoms with Gasteiger partial charge < -0.3 is 19.6 Å². The highest BCUT2D eigenvalue weighted by molar-refractivity contribution is 5.73. The third kappa shape index (κ3) is 5.29. The fraction of sp³-hybridized carbons (Fsp3) is 0.800. The summed E-state index contributed by atoms with van der Waals surface area (Å²) in [5.41, 5.74) is 0. The zero-order valence-corrected chi connectivity index (χ0v) is 13.8. The van der Waals surface area contributed by atoms with Crippen molar-refractivity contribution in [3.05, 3.63) is 11.7 Å². The molecule has 1 aliphatic rings. The van der Waals surface area contributed by atoms with Gasteiger partial charge in [-0.05, 0) is 31.8 Å². The van der Waals surface area contributed by atoms with Crippen LogP contribution in [0.5, 0.6) is 0 Å². The maximum absolute atomic E-state index is 12.0. The first kappa shape index (κ1) is 16.7. The molecule has 1 N–H and O–H groups in total. The van der Waals surface area contributed by atoms with E-state index in [1.807, 2.05) is 7.05 Å². The molecule has 1 aliphatic heterocycles. The number of carbonyl (C=O) groups is 1. The number of amides is 2. The topological polar surface area (TPSA) is 74.5 Å². The minimum absolute atomic E-state index is 0.102. The maximum Gasteiger partial charge on any atom is 0.317 e. The minimum Gasteiger partial charge on any atom is -0.339 e. The number of rotatable bonds is 7. The number of hydrogen-bond donors (Lipinski definition) is 1. The van der Waals surface area contributed by atoms with E-state index >= 15 is 0 Å². The molecule has 1 aromatic heterocycles. The second kappa shape index (κ2) is 8.12. The molecule has 1 aromatic rings. The third-order valence-corrected chi connectivity index (χ3v) is 3.79. The SMILES string of the molecule is CC(C)Cc1nc(CNC(=O)N(C)CCN2CCCC2)no1. The van der Waals surface area contributed by atoms with Crippen molar-refractivity contribution in [1.29, 1.82) is 0 Å². The van der Waals surface area contributed by atoms with Gasteiger partial charge in [-0.3, -0.25) is 0 Å². The molecule has 0 radical (unpaired) electrons. The zero-order valence-electron chi connectivity index (χ0n) is 13.8. The zero-order chi connectivity index (χ0) is 15.9. The molecule has 7 heteroatoms. The number of urea groups is 1. The van der Waals surface area contributed by atoms with E-state index in [2.05, 4.69) is 34.2 Å². The van der Waals surface area contributed by atoms with E-state index in [0.717, 1.165) is 32.6 Å². The van der Waals surface area contributed by atoms with Gasteiger partial charge >= 0.3 is 6.03 Å². The summed E-state index contributed by atoms with van der Waals surface area (Å²) in [6.45, 7) is 8.46.